The quantitative estimate of drug-likeness (QED) is 0.674. The maximum absolute atomic E-state index is 13.2. The van der Waals surface area contributed by atoms with Gasteiger partial charge in [-0.15, -0.1) is 0 Å². The summed E-state index contributed by atoms with van der Waals surface area (Å²) in [5.41, 5.74) is 1.53. The molecule has 0 aromatic heterocycles. The van der Waals surface area contributed by atoms with Crippen molar-refractivity contribution in [1.82, 2.24) is 9.62 Å². The van der Waals surface area contributed by atoms with E-state index in [0.717, 1.165) is 43.8 Å². The molecule has 1 N–H and O–H groups in total. The highest BCUT2D eigenvalue weighted by Crippen LogP contribution is 2.27. The van der Waals surface area contributed by atoms with Gasteiger partial charge in [-0.1, -0.05) is 19.9 Å². The van der Waals surface area contributed by atoms with Crippen molar-refractivity contribution in [3.8, 4) is 5.75 Å². The molecule has 2 fully saturated rings. The van der Waals surface area contributed by atoms with E-state index in [-0.39, 0.29) is 16.8 Å². The average Bonchev–Trinajstić information content (AvgIpc) is 2.84. The number of benzene rings is 2. The van der Waals surface area contributed by atoms with Crippen LogP contribution in [0.4, 0.5) is 5.69 Å². The van der Waals surface area contributed by atoms with Gasteiger partial charge in [0.25, 0.3) is 5.91 Å². The minimum absolute atomic E-state index is 0.0612. The molecule has 0 aliphatic carbocycles. The van der Waals surface area contributed by atoms with E-state index < -0.39 is 10.0 Å². The second-order valence-corrected chi connectivity index (χ2v) is 11.7. The first kappa shape index (κ1) is 24.5. The lowest BCUT2D eigenvalue weighted by atomic mass is 9.94. The zero-order valence-electron chi connectivity index (χ0n) is 20.2. The van der Waals surface area contributed by atoms with Crippen LogP contribution in [0.2, 0.25) is 0 Å². The SMILES string of the molecule is COc1ccc(N2CCC(NC(=O)c3cccc(S(=O)(=O)N4CC(C)CC(C)C4)c3)CC2)cc1. The van der Waals surface area contributed by atoms with Gasteiger partial charge < -0.3 is 15.0 Å². The van der Waals surface area contributed by atoms with Crippen LogP contribution in [0.25, 0.3) is 0 Å². The molecule has 4 rings (SSSR count). The van der Waals surface area contributed by atoms with Crippen LogP contribution in [-0.4, -0.2) is 58.0 Å². The molecule has 0 spiro atoms. The van der Waals surface area contributed by atoms with Gasteiger partial charge in [-0.25, -0.2) is 8.42 Å². The topological polar surface area (TPSA) is 79.0 Å². The van der Waals surface area contributed by atoms with Crippen molar-refractivity contribution in [2.45, 2.75) is 44.0 Å². The number of amides is 1. The molecule has 0 radical (unpaired) electrons. The summed E-state index contributed by atoms with van der Waals surface area (Å²) in [5, 5.41) is 3.10. The molecule has 1 amide bonds. The first-order valence-electron chi connectivity index (χ1n) is 12.1. The first-order valence-corrected chi connectivity index (χ1v) is 13.5. The van der Waals surface area contributed by atoms with Crippen molar-refractivity contribution in [2.75, 3.05) is 38.2 Å². The third-order valence-corrected chi connectivity index (χ3v) is 8.66. The zero-order valence-corrected chi connectivity index (χ0v) is 21.1. The van der Waals surface area contributed by atoms with E-state index in [9.17, 15) is 13.2 Å². The monoisotopic (exact) mass is 485 g/mol. The lowest BCUT2D eigenvalue weighted by Crippen LogP contribution is -2.44. The standard InChI is InChI=1S/C26H35N3O4S/c1-19-15-20(2)18-29(17-19)34(31,32)25-6-4-5-21(16-25)26(30)27-22-11-13-28(14-12-22)23-7-9-24(33-3)10-8-23/h4-10,16,19-20,22H,11-15,17-18H2,1-3H3,(H,27,30). The van der Waals surface area contributed by atoms with Crippen LogP contribution in [0.3, 0.4) is 0 Å². The Kier molecular flexibility index (Phi) is 7.48. The Morgan fingerprint density at radius 1 is 1.00 bits per heavy atom. The average molecular weight is 486 g/mol. The predicted octanol–water partition coefficient (Wildman–Crippen LogP) is 3.76. The molecule has 2 heterocycles. The van der Waals surface area contributed by atoms with Crippen LogP contribution in [0.1, 0.15) is 43.5 Å². The Labute approximate surface area is 203 Å². The Bertz CT molecular complexity index is 1090. The summed E-state index contributed by atoms with van der Waals surface area (Å²) in [6.07, 6.45) is 2.70. The van der Waals surface area contributed by atoms with Gasteiger partial charge in [0.1, 0.15) is 5.75 Å². The van der Waals surface area contributed by atoms with Crippen molar-refractivity contribution in [1.29, 1.82) is 0 Å². The molecule has 7 nitrogen and oxygen atoms in total. The molecule has 2 aromatic carbocycles. The summed E-state index contributed by atoms with van der Waals surface area (Å²) in [4.78, 5) is 15.4. The summed E-state index contributed by atoms with van der Waals surface area (Å²) >= 11 is 0. The number of ether oxygens (including phenoxy) is 1. The fourth-order valence-corrected chi connectivity index (χ4v) is 6.82. The fraction of sp³-hybridized carbons (Fsp3) is 0.500. The van der Waals surface area contributed by atoms with E-state index in [1.54, 1.807) is 29.6 Å². The zero-order chi connectivity index (χ0) is 24.3. The number of nitrogens with zero attached hydrogens (tertiary/aromatic N) is 2. The first-order chi connectivity index (χ1) is 16.3. The number of nitrogens with one attached hydrogen (secondary N) is 1. The molecule has 2 atom stereocenters. The van der Waals surface area contributed by atoms with Crippen LogP contribution in [0.5, 0.6) is 5.75 Å². The van der Waals surface area contributed by atoms with E-state index in [1.165, 1.54) is 6.07 Å². The smallest absolute Gasteiger partial charge is 0.251 e. The normalized spacial score (nSPS) is 22.4. The molecule has 0 bridgehead atoms. The molecule has 2 aliphatic heterocycles. The molecule has 8 heteroatoms. The number of piperidine rings is 2. The highest BCUT2D eigenvalue weighted by Gasteiger charge is 2.32. The summed E-state index contributed by atoms with van der Waals surface area (Å²) in [6, 6.07) is 14.5. The Morgan fingerprint density at radius 3 is 2.26 bits per heavy atom. The summed E-state index contributed by atoms with van der Waals surface area (Å²) < 4.78 is 33.3. The van der Waals surface area contributed by atoms with Gasteiger partial charge in [-0.3, -0.25) is 4.79 Å². The van der Waals surface area contributed by atoms with E-state index in [1.807, 2.05) is 24.3 Å². The van der Waals surface area contributed by atoms with Crippen molar-refractivity contribution in [3.63, 3.8) is 0 Å². The molecule has 2 unspecified atom stereocenters. The van der Waals surface area contributed by atoms with Gasteiger partial charge in [0.2, 0.25) is 10.0 Å². The van der Waals surface area contributed by atoms with Crippen LogP contribution in [-0.2, 0) is 10.0 Å². The van der Waals surface area contributed by atoms with Crippen LogP contribution in [0.15, 0.2) is 53.4 Å². The molecule has 184 valence electrons. The molecule has 0 saturated carbocycles. The van der Waals surface area contributed by atoms with Crippen LogP contribution < -0.4 is 15.0 Å². The van der Waals surface area contributed by atoms with Crippen LogP contribution >= 0.6 is 0 Å². The third kappa shape index (κ3) is 5.55. The highest BCUT2D eigenvalue weighted by atomic mass is 32.2. The Balaban J connectivity index is 1.37. The largest absolute Gasteiger partial charge is 0.497 e. The van der Waals surface area contributed by atoms with E-state index in [4.69, 9.17) is 4.74 Å². The van der Waals surface area contributed by atoms with E-state index in [2.05, 4.69) is 24.1 Å². The number of carbonyl (C=O) groups is 1. The number of sulfonamides is 1. The second kappa shape index (κ2) is 10.4. The summed E-state index contributed by atoms with van der Waals surface area (Å²) in [5.74, 6) is 1.27. The molecular weight excluding hydrogens is 450 g/mol. The molecular formula is C26H35N3O4S. The lowest BCUT2D eigenvalue weighted by Gasteiger charge is -2.34. The minimum atomic E-state index is -3.62. The molecule has 34 heavy (non-hydrogen) atoms. The predicted molar refractivity (Wildman–Crippen MR) is 134 cm³/mol. The lowest BCUT2D eigenvalue weighted by molar-refractivity contribution is 0.0931. The summed E-state index contributed by atoms with van der Waals surface area (Å²) in [7, 11) is -1.97. The fourth-order valence-electron chi connectivity index (χ4n) is 5.09. The number of methoxy groups -OCH3 is 1. The maximum Gasteiger partial charge on any atom is 0.251 e. The number of hydrogen-bond donors (Lipinski definition) is 1. The number of hydrogen-bond acceptors (Lipinski definition) is 5. The van der Waals surface area contributed by atoms with Gasteiger partial charge in [-0.05, 0) is 73.6 Å². The van der Waals surface area contributed by atoms with Gasteiger partial charge >= 0.3 is 0 Å². The summed E-state index contributed by atoms with van der Waals surface area (Å²) in [6.45, 7) is 6.91. The van der Waals surface area contributed by atoms with Crippen LogP contribution in [0, 0.1) is 11.8 Å². The van der Waals surface area contributed by atoms with E-state index >= 15 is 0 Å². The number of anilines is 1. The Morgan fingerprint density at radius 2 is 1.65 bits per heavy atom. The second-order valence-electron chi connectivity index (χ2n) is 9.73. The van der Waals surface area contributed by atoms with Crippen molar-refractivity contribution in [3.05, 3.63) is 54.1 Å². The maximum atomic E-state index is 13.2. The van der Waals surface area contributed by atoms with Gasteiger partial charge in [-0.2, -0.15) is 4.31 Å². The van der Waals surface area contributed by atoms with Gasteiger partial charge in [0.15, 0.2) is 0 Å². The van der Waals surface area contributed by atoms with E-state index in [0.29, 0.717) is 30.5 Å². The van der Waals surface area contributed by atoms with Crippen molar-refractivity contribution < 1.29 is 17.9 Å². The van der Waals surface area contributed by atoms with Crippen molar-refractivity contribution in [2.24, 2.45) is 11.8 Å². The van der Waals surface area contributed by atoms with Crippen molar-refractivity contribution >= 4 is 21.6 Å². The van der Waals surface area contributed by atoms with Gasteiger partial charge in [0.05, 0.1) is 12.0 Å². The molecule has 2 aromatic rings. The highest BCUT2D eigenvalue weighted by molar-refractivity contribution is 7.89. The molecule has 2 aliphatic rings. The number of rotatable bonds is 6. The van der Waals surface area contributed by atoms with Gasteiger partial charge in [0, 0.05) is 43.5 Å². The minimum Gasteiger partial charge on any atom is -0.497 e. The Hall–Kier alpha value is -2.58. The third-order valence-electron chi connectivity index (χ3n) is 6.84. The number of carbonyl (C=O) groups excluding carboxylic acids is 1. The molecule has 2 saturated heterocycles.